The van der Waals surface area contributed by atoms with Crippen LogP contribution in [0.25, 0.3) is 5.65 Å². The van der Waals surface area contributed by atoms with Crippen LogP contribution in [0.2, 0.25) is 0 Å². The Kier molecular flexibility index (Phi) is 3.56. The van der Waals surface area contributed by atoms with Gasteiger partial charge in [0.1, 0.15) is 11.4 Å². The van der Waals surface area contributed by atoms with E-state index in [0.717, 1.165) is 11.3 Å². The monoisotopic (exact) mass is 309 g/mol. The minimum absolute atomic E-state index is 0.0263. The average molecular weight is 309 g/mol. The number of carbonyl (C=O) groups excluding carboxylic acids is 1. The summed E-state index contributed by atoms with van der Waals surface area (Å²) in [6, 6.07) is 9.85. The number of benzene rings is 1. The van der Waals surface area contributed by atoms with Crippen LogP contribution in [0.4, 0.5) is 5.69 Å². The van der Waals surface area contributed by atoms with Crippen LogP contribution in [0.1, 0.15) is 36.8 Å². The van der Waals surface area contributed by atoms with Crippen molar-refractivity contribution in [3.8, 4) is 5.75 Å². The number of imidazole rings is 1. The topological polar surface area (TPSA) is 66.6 Å². The van der Waals surface area contributed by atoms with Crippen molar-refractivity contribution < 1.29 is 9.90 Å². The second-order valence-corrected chi connectivity index (χ2v) is 6.56. The molecule has 2 N–H and O–H groups in total. The van der Waals surface area contributed by atoms with Crippen molar-refractivity contribution in [2.75, 3.05) is 5.32 Å². The smallest absolute Gasteiger partial charge is 0.255 e. The first-order chi connectivity index (χ1) is 10.8. The lowest BCUT2D eigenvalue weighted by atomic mass is 9.93. The number of pyridine rings is 1. The number of phenolic OH excluding ortho intramolecular Hbond substituents is 1. The number of nitrogens with one attached hydrogen (secondary N) is 1. The van der Waals surface area contributed by atoms with Gasteiger partial charge in [0.2, 0.25) is 0 Å². The number of hydrogen-bond acceptors (Lipinski definition) is 3. The Hall–Kier alpha value is -2.82. The normalized spacial score (nSPS) is 11.6. The van der Waals surface area contributed by atoms with Crippen LogP contribution in [-0.4, -0.2) is 20.4 Å². The molecule has 0 bridgehead atoms. The zero-order chi connectivity index (χ0) is 16.6. The molecule has 0 unspecified atom stereocenters. The fraction of sp³-hybridized carbons (Fsp3) is 0.222. The van der Waals surface area contributed by atoms with E-state index in [1.54, 1.807) is 12.1 Å². The summed E-state index contributed by atoms with van der Waals surface area (Å²) in [5, 5.41) is 12.1. The van der Waals surface area contributed by atoms with Gasteiger partial charge in [-0.3, -0.25) is 4.79 Å². The van der Waals surface area contributed by atoms with E-state index in [9.17, 15) is 9.90 Å². The first-order valence-corrected chi connectivity index (χ1v) is 7.42. The highest BCUT2D eigenvalue weighted by Gasteiger charge is 2.17. The minimum Gasteiger partial charge on any atom is -0.508 e. The molecule has 0 saturated heterocycles. The predicted octanol–water partition coefficient (Wildman–Crippen LogP) is 3.59. The summed E-state index contributed by atoms with van der Waals surface area (Å²) in [6.07, 6.45) is 3.82. The predicted molar refractivity (Wildman–Crippen MR) is 90.0 cm³/mol. The van der Waals surface area contributed by atoms with Gasteiger partial charge in [-0.2, -0.15) is 0 Å². The molecule has 118 valence electrons. The highest BCUT2D eigenvalue weighted by atomic mass is 16.3. The summed E-state index contributed by atoms with van der Waals surface area (Å²) in [7, 11) is 0. The van der Waals surface area contributed by atoms with Gasteiger partial charge in [0.25, 0.3) is 5.91 Å². The van der Waals surface area contributed by atoms with Crippen molar-refractivity contribution in [2.24, 2.45) is 0 Å². The largest absolute Gasteiger partial charge is 0.508 e. The number of rotatable bonds is 2. The maximum Gasteiger partial charge on any atom is 0.255 e. The van der Waals surface area contributed by atoms with Crippen molar-refractivity contribution in [3.05, 3.63) is 60.0 Å². The second kappa shape index (κ2) is 5.43. The molecule has 2 heterocycles. The third-order valence-electron chi connectivity index (χ3n) is 3.61. The highest BCUT2D eigenvalue weighted by Crippen LogP contribution is 2.22. The van der Waals surface area contributed by atoms with Gasteiger partial charge in [0, 0.05) is 23.4 Å². The standard InChI is InChI=1S/C18H19N3O2/c1-18(2,3)15-11-21-10-13(6-9-16(21)20-15)19-17(23)12-4-7-14(22)8-5-12/h4-11,22H,1-3H3,(H,19,23). The van der Waals surface area contributed by atoms with Gasteiger partial charge in [-0.1, -0.05) is 20.8 Å². The third-order valence-corrected chi connectivity index (χ3v) is 3.61. The van der Waals surface area contributed by atoms with E-state index >= 15 is 0 Å². The molecule has 5 heteroatoms. The summed E-state index contributed by atoms with van der Waals surface area (Å²) >= 11 is 0. The summed E-state index contributed by atoms with van der Waals surface area (Å²) in [5.41, 5.74) is 3.00. The molecule has 0 fully saturated rings. The zero-order valence-electron chi connectivity index (χ0n) is 13.4. The Bertz CT molecular complexity index is 858. The summed E-state index contributed by atoms with van der Waals surface area (Å²) in [4.78, 5) is 16.8. The fourth-order valence-corrected chi connectivity index (χ4v) is 2.24. The van der Waals surface area contributed by atoms with Crippen molar-refractivity contribution >= 4 is 17.2 Å². The maximum atomic E-state index is 12.2. The Morgan fingerprint density at radius 1 is 1.09 bits per heavy atom. The van der Waals surface area contributed by atoms with E-state index in [0.29, 0.717) is 11.3 Å². The number of nitrogens with zero attached hydrogens (tertiary/aromatic N) is 2. The quantitative estimate of drug-likeness (QED) is 0.760. The Morgan fingerprint density at radius 2 is 1.78 bits per heavy atom. The van der Waals surface area contributed by atoms with Gasteiger partial charge in [-0.15, -0.1) is 0 Å². The Labute approximate surface area is 134 Å². The number of aromatic nitrogens is 2. The van der Waals surface area contributed by atoms with Gasteiger partial charge in [-0.25, -0.2) is 4.98 Å². The van der Waals surface area contributed by atoms with E-state index in [4.69, 9.17) is 0 Å². The van der Waals surface area contributed by atoms with Crippen LogP contribution in [0.15, 0.2) is 48.8 Å². The summed E-state index contributed by atoms with van der Waals surface area (Å²) in [6.45, 7) is 6.34. The Balaban J connectivity index is 1.85. The number of hydrogen-bond donors (Lipinski definition) is 2. The van der Waals surface area contributed by atoms with E-state index in [2.05, 4.69) is 31.1 Å². The van der Waals surface area contributed by atoms with Crippen LogP contribution >= 0.6 is 0 Å². The molecule has 3 aromatic rings. The molecular formula is C18H19N3O2. The highest BCUT2D eigenvalue weighted by molar-refractivity contribution is 6.04. The molecule has 0 aliphatic carbocycles. The maximum absolute atomic E-state index is 12.2. The van der Waals surface area contributed by atoms with Crippen LogP contribution in [0.3, 0.4) is 0 Å². The number of fused-ring (bicyclic) bond motifs is 1. The molecule has 3 rings (SSSR count). The van der Waals surface area contributed by atoms with Crippen LogP contribution < -0.4 is 5.32 Å². The van der Waals surface area contributed by atoms with Crippen molar-refractivity contribution in [1.82, 2.24) is 9.38 Å². The molecule has 0 spiro atoms. The number of phenols is 1. The van der Waals surface area contributed by atoms with Gasteiger partial charge >= 0.3 is 0 Å². The van der Waals surface area contributed by atoms with Crippen molar-refractivity contribution in [3.63, 3.8) is 0 Å². The molecule has 1 amide bonds. The molecule has 2 aromatic heterocycles. The second-order valence-electron chi connectivity index (χ2n) is 6.56. The first kappa shape index (κ1) is 15.1. The van der Waals surface area contributed by atoms with E-state index in [1.165, 1.54) is 12.1 Å². The van der Waals surface area contributed by atoms with Crippen molar-refractivity contribution in [1.29, 1.82) is 0 Å². The number of anilines is 1. The lowest BCUT2D eigenvalue weighted by Crippen LogP contribution is -2.12. The average Bonchev–Trinajstić information content (AvgIpc) is 2.91. The number of aromatic hydroxyl groups is 1. The number of amides is 1. The van der Waals surface area contributed by atoms with Crippen LogP contribution in [-0.2, 0) is 5.41 Å². The lowest BCUT2D eigenvalue weighted by Gasteiger charge is -2.13. The molecule has 0 aliphatic rings. The lowest BCUT2D eigenvalue weighted by molar-refractivity contribution is 0.102. The molecule has 1 aromatic carbocycles. The zero-order valence-corrected chi connectivity index (χ0v) is 13.4. The summed E-state index contributed by atoms with van der Waals surface area (Å²) < 4.78 is 1.91. The van der Waals surface area contributed by atoms with Crippen LogP contribution in [0.5, 0.6) is 5.75 Å². The van der Waals surface area contributed by atoms with E-state index < -0.39 is 0 Å². The fourth-order valence-electron chi connectivity index (χ4n) is 2.24. The molecular weight excluding hydrogens is 290 g/mol. The molecule has 5 nitrogen and oxygen atoms in total. The van der Waals surface area contributed by atoms with E-state index in [1.807, 2.05) is 28.9 Å². The molecule has 23 heavy (non-hydrogen) atoms. The molecule has 0 radical (unpaired) electrons. The Morgan fingerprint density at radius 3 is 2.43 bits per heavy atom. The molecule has 0 aliphatic heterocycles. The SMILES string of the molecule is CC(C)(C)c1cn2cc(NC(=O)c3ccc(O)cc3)ccc2n1. The van der Waals surface area contributed by atoms with E-state index in [-0.39, 0.29) is 17.1 Å². The van der Waals surface area contributed by atoms with Gasteiger partial charge in [-0.05, 0) is 36.4 Å². The first-order valence-electron chi connectivity index (χ1n) is 7.42. The molecule has 0 saturated carbocycles. The minimum atomic E-state index is -0.222. The van der Waals surface area contributed by atoms with Gasteiger partial charge < -0.3 is 14.8 Å². The van der Waals surface area contributed by atoms with Crippen LogP contribution in [0, 0.1) is 0 Å². The van der Waals surface area contributed by atoms with Gasteiger partial charge in [0.05, 0.1) is 11.4 Å². The third kappa shape index (κ3) is 3.18. The van der Waals surface area contributed by atoms with Crippen molar-refractivity contribution in [2.45, 2.75) is 26.2 Å². The number of carbonyl (C=O) groups is 1. The summed E-state index contributed by atoms with van der Waals surface area (Å²) in [5.74, 6) is -0.0865. The molecule has 0 atom stereocenters. The van der Waals surface area contributed by atoms with Gasteiger partial charge in [0.15, 0.2) is 0 Å².